The van der Waals surface area contributed by atoms with Crippen LogP contribution in [0.15, 0.2) is 6.20 Å². The summed E-state index contributed by atoms with van der Waals surface area (Å²) in [4.78, 5) is 7.42. The minimum absolute atomic E-state index is 0.301. The van der Waals surface area contributed by atoms with Crippen molar-refractivity contribution >= 4 is 0 Å². The number of likely N-dealkylation sites (tertiary alicyclic amines) is 1. The van der Waals surface area contributed by atoms with Gasteiger partial charge in [0.1, 0.15) is 5.82 Å². The van der Waals surface area contributed by atoms with E-state index in [1.807, 2.05) is 0 Å². The van der Waals surface area contributed by atoms with Gasteiger partial charge in [0, 0.05) is 31.8 Å². The first-order chi connectivity index (χ1) is 10.2. The fraction of sp³-hybridized carbons (Fsp3) is 0.824. The van der Waals surface area contributed by atoms with E-state index in [1.54, 1.807) is 0 Å². The molecule has 1 aromatic heterocycles. The van der Waals surface area contributed by atoms with Crippen LogP contribution in [0.4, 0.5) is 0 Å². The highest BCUT2D eigenvalue weighted by Gasteiger charge is 2.24. The predicted molar refractivity (Wildman–Crippen MR) is 84.3 cm³/mol. The Kier molecular flexibility index (Phi) is 4.65. The number of rotatable bonds is 4. The average Bonchev–Trinajstić information content (AvgIpc) is 2.88. The molecule has 0 saturated carbocycles. The topological polar surface area (TPSA) is 41.3 Å². The first kappa shape index (κ1) is 15.0. The molecule has 4 nitrogen and oxygen atoms in total. The Balaban J connectivity index is 1.56. The quantitative estimate of drug-likeness (QED) is 0.923. The lowest BCUT2D eigenvalue weighted by Crippen LogP contribution is -2.38. The number of piperidine rings is 1. The van der Waals surface area contributed by atoms with Gasteiger partial charge in [-0.2, -0.15) is 0 Å². The van der Waals surface area contributed by atoms with Crippen molar-refractivity contribution in [3.8, 4) is 0 Å². The van der Waals surface area contributed by atoms with Crippen LogP contribution >= 0.6 is 0 Å². The fourth-order valence-electron chi connectivity index (χ4n) is 3.78. The van der Waals surface area contributed by atoms with Crippen LogP contribution in [0, 0.1) is 11.8 Å². The van der Waals surface area contributed by atoms with Crippen LogP contribution < -0.4 is 0 Å². The largest absolute Gasteiger partial charge is 0.396 e. The number of aliphatic hydroxyl groups excluding tert-OH is 1. The predicted octanol–water partition coefficient (Wildman–Crippen LogP) is 2.10. The van der Waals surface area contributed by atoms with E-state index in [9.17, 15) is 5.11 Å². The van der Waals surface area contributed by atoms with E-state index in [1.165, 1.54) is 37.4 Å². The lowest BCUT2D eigenvalue weighted by Gasteiger charge is -2.34. The summed E-state index contributed by atoms with van der Waals surface area (Å²) in [6, 6.07) is 0.682. The molecule has 1 aromatic rings. The van der Waals surface area contributed by atoms with Crippen LogP contribution in [-0.4, -0.2) is 45.3 Å². The van der Waals surface area contributed by atoms with Crippen molar-refractivity contribution in [3.63, 3.8) is 0 Å². The fourth-order valence-corrected chi connectivity index (χ4v) is 3.78. The van der Waals surface area contributed by atoms with E-state index in [-0.39, 0.29) is 0 Å². The van der Waals surface area contributed by atoms with Crippen molar-refractivity contribution in [2.24, 2.45) is 11.8 Å². The Labute approximate surface area is 128 Å². The summed E-state index contributed by atoms with van der Waals surface area (Å²) in [6.45, 7) is 8.39. The number of fused-ring (bicyclic) bond motifs is 1. The van der Waals surface area contributed by atoms with E-state index in [4.69, 9.17) is 4.98 Å². The molecule has 0 radical (unpaired) electrons. The SMILES string of the molecule is CC(C)N1CCC(Cc2cn3c(n2)CC(CO)CC3)CC1. The van der Waals surface area contributed by atoms with Gasteiger partial charge in [-0.1, -0.05) is 0 Å². The molecule has 0 aliphatic carbocycles. The van der Waals surface area contributed by atoms with E-state index in [0.29, 0.717) is 18.6 Å². The van der Waals surface area contributed by atoms with Crippen LogP contribution in [0.25, 0.3) is 0 Å². The van der Waals surface area contributed by atoms with Crippen molar-refractivity contribution in [1.29, 1.82) is 0 Å². The Morgan fingerprint density at radius 2 is 1.90 bits per heavy atom. The molecule has 0 bridgehead atoms. The monoisotopic (exact) mass is 291 g/mol. The minimum atomic E-state index is 0.301. The van der Waals surface area contributed by atoms with Gasteiger partial charge in [0.25, 0.3) is 0 Å². The standard InChI is InChI=1S/C17H29N3O/c1-13(2)19-6-3-14(4-7-19)9-16-11-20-8-5-15(12-21)10-17(20)18-16/h11,13-15,21H,3-10,12H2,1-2H3. The second kappa shape index (κ2) is 6.49. The minimum Gasteiger partial charge on any atom is -0.396 e. The smallest absolute Gasteiger partial charge is 0.109 e. The Bertz CT molecular complexity index is 461. The van der Waals surface area contributed by atoms with Gasteiger partial charge >= 0.3 is 0 Å². The van der Waals surface area contributed by atoms with Crippen molar-refractivity contribution in [2.75, 3.05) is 19.7 Å². The zero-order valence-corrected chi connectivity index (χ0v) is 13.5. The molecule has 2 aliphatic heterocycles. The zero-order chi connectivity index (χ0) is 14.8. The molecule has 3 heterocycles. The molecule has 118 valence electrons. The number of aromatic nitrogens is 2. The van der Waals surface area contributed by atoms with Gasteiger partial charge in [-0.25, -0.2) is 4.98 Å². The summed E-state index contributed by atoms with van der Waals surface area (Å²) in [7, 11) is 0. The maximum Gasteiger partial charge on any atom is 0.109 e. The third kappa shape index (κ3) is 3.49. The van der Waals surface area contributed by atoms with Crippen LogP contribution in [-0.2, 0) is 19.4 Å². The molecule has 3 rings (SSSR count). The van der Waals surface area contributed by atoms with Crippen LogP contribution in [0.2, 0.25) is 0 Å². The second-order valence-corrected chi connectivity index (χ2v) is 7.16. The van der Waals surface area contributed by atoms with Gasteiger partial charge in [0.05, 0.1) is 5.69 Å². The number of aryl methyl sites for hydroxylation is 1. The summed E-state index contributed by atoms with van der Waals surface area (Å²) in [5.74, 6) is 2.41. The molecule has 0 spiro atoms. The number of imidazole rings is 1. The molecule has 1 saturated heterocycles. The Morgan fingerprint density at radius 3 is 2.57 bits per heavy atom. The van der Waals surface area contributed by atoms with Gasteiger partial charge in [0.15, 0.2) is 0 Å². The highest BCUT2D eigenvalue weighted by Crippen LogP contribution is 2.25. The van der Waals surface area contributed by atoms with Gasteiger partial charge in [0.2, 0.25) is 0 Å². The highest BCUT2D eigenvalue weighted by atomic mass is 16.3. The Morgan fingerprint density at radius 1 is 1.19 bits per heavy atom. The molecule has 21 heavy (non-hydrogen) atoms. The maximum absolute atomic E-state index is 9.31. The molecule has 1 N–H and O–H groups in total. The van der Waals surface area contributed by atoms with Crippen LogP contribution in [0.1, 0.15) is 44.6 Å². The van der Waals surface area contributed by atoms with Crippen molar-refractivity contribution in [1.82, 2.24) is 14.5 Å². The van der Waals surface area contributed by atoms with Gasteiger partial charge in [-0.3, -0.25) is 0 Å². The molecule has 0 aromatic carbocycles. The molecule has 1 fully saturated rings. The van der Waals surface area contributed by atoms with Crippen molar-refractivity contribution in [3.05, 3.63) is 17.7 Å². The van der Waals surface area contributed by atoms with Gasteiger partial charge in [-0.15, -0.1) is 0 Å². The van der Waals surface area contributed by atoms with Crippen molar-refractivity contribution in [2.45, 2.75) is 58.5 Å². The summed E-state index contributed by atoms with van der Waals surface area (Å²) in [5, 5.41) is 9.31. The Hall–Kier alpha value is -0.870. The number of aliphatic hydroxyl groups is 1. The molecule has 0 amide bonds. The lowest BCUT2D eigenvalue weighted by atomic mass is 9.92. The molecule has 4 heteroatoms. The summed E-state index contributed by atoms with van der Waals surface area (Å²) in [6.07, 6.45) is 8.04. The third-order valence-corrected chi connectivity index (χ3v) is 5.29. The lowest BCUT2D eigenvalue weighted by molar-refractivity contribution is 0.149. The summed E-state index contributed by atoms with van der Waals surface area (Å²) >= 11 is 0. The van der Waals surface area contributed by atoms with E-state index in [0.717, 1.165) is 31.7 Å². The molecule has 1 unspecified atom stereocenters. The summed E-state index contributed by atoms with van der Waals surface area (Å²) < 4.78 is 2.31. The molecule has 2 aliphatic rings. The van der Waals surface area contributed by atoms with Crippen LogP contribution in [0.3, 0.4) is 0 Å². The number of nitrogens with zero attached hydrogens (tertiary/aromatic N) is 3. The van der Waals surface area contributed by atoms with Gasteiger partial charge in [-0.05, 0) is 64.5 Å². The normalized spacial score (nSPS) is 24.5. The number of hydrogen-bond acceptors (Lipinski definition) is 3. The van der Waals surface area contributed by atoms with E-state index in [2.05, 4.69) is 29.5 Å². The van der Waals surface area contributed by atoms with E-state index >= 15 is 0 Å². The highest BCUT2D eigenvalue weighted by molar-refractivity contribution is 5.08. The first-order valence-electron chi connectivity index (χ1n) is 8.55. The summed E-state index contributed by atoms with van der Waals surface area (Å²) in [5.41, 5.74) is 1.27. The van der Waals surface area contributed by atoms with Gasteiger partial charge < -0.3 is 14.6 Å². The number of hydrogen-bond donors (Lipinski definition) is 1. The first-order valence-corrected chi connectivity index (χ1v) is 8.55. The second-order valence-electron chi connectivity index (χ2n) is 7.16. The third-order valence-electron chi connectivity index (χ3n) is 5.29. The molecular formula is C17H29N3O. The molecular weight excluding hydrogens is 262 g/mol. The maximum atomic E-state index is 9.31. The van der Waals surface area contributed by atoms with Crippen molar-refractivity contribution < 1.29 is 5.11 Å². The van der Waals surface area contributed by atoms with E-state index < -0.39 is 0 Å². The molecule has 1 atom stereocenters. The average molecular weight is 291 g/mol. The van der Waals surface area contributed by atoms with Crippen LogP contribution in [0.5, 0.6) is 0 Å². The zero-order valence-electron chi connectivity index (χ0n) is 13.5.